The largest absolute Gasteiger partial charge is 0.508 e. The molecule has 2 rings (SSSR count). The Bertz CT molecular complexity index is 475. The summed E-state index contributed by atoms with van der Waals surface area (Å²) in [6, 6.07) is 7.18. The van der Waals surface area contributed by atoms with E-state index >= 15 is 0 Å². The number of carbonyl (C=O) groups is 1. The Morgan fingerprint density at radius 1 is 1.40 bits per heavy atom. The molecule has 20 heavy (non-hydrogen) atoms. The van der Waals surface area contributed by atoms with Gasteiger partial charge in [0.15, 0.2) is 0 Å². The van der Waals surface area contributed by atoms with Crippen LogP contribution in [0.15, 0.2) is 24.3 Å². The van der Waals surface area contributed by atoms with Crippen molar-refractivity contribution in [3.05, 3.63) is 29.8 Å². The number of benzene rings is 1. The van der Waals surface area contributed by atoms with Crippen LogP contribution < -0.4 is 5.73 Å². The van der Waals surface area contributed by atoms with Crippen molar-refractivity contribution in [2.75, 3.05) is 7.05 Å². The Morgan fingerprint density at radius 2 is 2.10 bits per heavy atom. The van der Waals surface area contributed by atoms with Gasteiger partial charge in [-0.1, -0.05) is 24.6 Å². The zero-order valence-electron chi connectivity index (χ0n) is 12.2. The van der Waals surface area contributed by atoms with Crippen LogP contribution in [-0.2, 0) is 4.79 Å². The average Bonchev–Trinajstić information content (AvgIpc) is 2.45. The minimum absolute atomic E-state index is 0.0251. The summed E-state index contributed by atoms with van der Waals surface area (Å²) in [4.78, 5) is 14.3. The number of carbonyl (C=O) groups excluding carboxylic acids is 1. The minimum atomic E-state index is -0.137. The molecule has 1 aromatic carbocycles. The van der Waals surface area contributed by atoms with Gasteiger partial charge in [-0.15, -0.1) is 0 Å². The third-order valence-corrected chi connectivity index (χ3v) is 4.38. The van der Waals surface area contributed by atoms with Crippen molar-refractivity contribution in [3.63, 3.8) is 0 Å². The predicted octanol–water partition coefficient (Wildman–Crippen LogP) is 2.43. The molecule has 1 aliphatic carbocycles. The highest BCUT2D eigenvalue weighted by atomic mass is 16.3. The van der Waals surface area contributed by atoms with Crippen LogP contribution in [0.3, 0.4) is 0 Å². The standard InChI is InChI=1S/C16H24N2O2/c1-11(14-8-3-4-9-15(14)19)18(2)16(20)12-6-5-7-13(17)10-12/h3-4,8-9,11-13,19H,5-7,10,17H2,1-2H3. The van der Waals surface area contributed by atoms with Gasteiger partial charge in [0.05, 0.1) is 6.04 Å². The van der Waals surface area contributed by atoms with E-state index in [0.717, 1.165) is 31.2 Å². The molecule has 3 N–H and O–H groups in total. The second-order valence-corrected chi connectivity index (χ2v) is 5.81. The van der Waals surface area contributed by atoms with E-state index in [0.29, 0.717) is 0 Å². The van der Waals surface area contributed by atoms with Crippen LogP contribution in [0, 0.1) is 5.92 Å². The highest BCUT2D eigenvalue weighted by Crippen LogP contribution is 2.31. The number of nitrogens with zero attached hydrogens (tertiary/aromatic N) is 1. The Morgan fingerprint density at radius 3 is 2.75 bits per heavy atom. The van der Waals surface area contributed by atoms with Crippen molar-refractivity contribution >= 4 is 5.91 Å². The smallest absolute Gasteiger partial charge is 0.225 e. The molecule has 3 unspecified atom stereocenters. The minimum Gasteiger partial charge on any atom is -0.508 e. The van der Waals surface area contributed by atoms with Crippen molar-refractivity contribution in [1.82, 2.24) is 4.90 Å². The number of amides is 1. The molecule has 3 atom stereocenters. The summed E-state index contributed by atoms with van der Waals surface area (Å²) < 4.78 is 0. The lowest BCUT2D eigenvalue weighted by Crippen LogP contribution is -2.39. The van der Waals surface area contributed by atoms with Crippen LogP contribution in [0.5, 0.6) is 5.75 Å². The maximum absolute atomic E-state index is 12.6. The van der Waals surface area contributed by atoms with E-state index in [-0.39, 0.29) is 29.7 Å². The highest BCUT2D eigenvalue weighted by Gasteiger charge is 2.30. The van der Waals surface area contributed by atoms with Crippen molar-refractivity contribution in [2.24, 2.45) is 11.7 Å². The fourth-order valence-corrected chi connectivity index (χ4v) is 2.98. The number of hydrogen-bond donors (Lipinski definition) is 2. The lowest BCUT2D eigenvalue weighted by molar-refractivity contribution is -0.137. The molecular formula is C16H24N2O2. The van der Waals surface area contributed by atoms with Gasteiger partial charge in [0.1, 0.15) is 5.75 Å². The maximum atomic E-state index is 12.6. The number of phenols is 1. The van der Waals surface area contributed by atoms with E-state index in [9.17, 15) is 9.90 Å². The summed E-state index contributed by atoms with van der Waals surface area (Å²) in [5.41, 5.74) is 6.74. The molecule has 1 amide bonds. The first-order valence-corrected chi connectivity index (χ1v) is 7.31. The average molecular weight is 276 g/mol. The molecule has 0 saturated heterocycles. The molecular weight excluding hydrogens is 252 g/mol. The number of nitrogens with two attached hydrogens (primary N) is 1. The summed E-state index contributed by atoms with van der Waals surface area (Å²) in [6.07, 6.45) is 3.74. The lowest BCUT2D eigenvalue weighted by atomic mass is 9.85. The molecule has 4 nitrogen and oxygen atoms in total. The van der Waals surface area contributed by atoms with E-state index in [1.807, 2.05) is 19.1 Å². The first kappa shape index (κ1) is 14.9. The predicted molar refractivity (Wildman–Crippen MR) is 79.2 cm³/mol. The first-order chi connectivity index (χ1) is 9.50. The van der Waals surface area contributed by atoms with E-state index in [1.54, 1.807) is 24.1 Å². The summed E-state index contributed by atoms with van der Waals surface area (Å²) in [7, 11) is 1.81. The topological polar surface area (TPSA) is 66.6 Å². The number of hydrogen-bond acceptors (Lipinski definition) is 3. The summed E-state index contributed by atoms with van der Waals surface area (Å²) in [6.45, 7) is 1.94. The summed E-state index contributed by atoms with van der Waals surface area (Å²) in [5, 5.41) is 9.91. The van der Waals surface area contributed by atoms with Gasteiger partial charge in [0, 0.05) is 24.6 Å². The van der Waals surface area contributed by atoms with Crippen LogP contribution in [-0.4, -0.2) is 29.0 Å². The zero-order valence-corrected chi connectivity index (χ0v) is 12.2. The monoisotopic (exact) mass is 276 g/mol. The fraction of sp³-hybridized carbons (Fsp3) is 0.562. The van der Waals surface area contributed by atoms with Gasteiger partial charge < -0.3 is 15.7 Å². The molecule has 1 fully saturated rings. The van der Waals surface area contributed by atoms with Crippen LogP contribution in [0.4, 0.5) is 0 Å². The molecule has 0 radical (unpaired) electrons. The molecule has 0 spiro atoms. The molecule has 1 aliphatic rings. The Kier molecular flexibility index (Phi) is 4.65. The van der Waals surface area contributed by atoms with E-state index in [2.05, 4.69) is 0 Å². The van der Waals surface area contributed by atoms with Crippen molar-refractivity contribution in [2.45, 2.75) is 44.7 Å². The van der Waals surface area contributed by atoms with Gasteiger partial charge in [-0.2, -0.15) is 0 Å². The van der Waals surface area contributed by atoms with Crippen molar-refractivity contribution in [1.29, 1.82) is 0 Å². The molecule has 1 saturated carbocycles. The first-order valence-electron chi connectivity index (χ1n) is 7.31. The number of para-hydroxylation sites is 1. The molecule has 0 aliphatic heterocycles. The Balaban J connectivity index is 2.08. The van der Waals surface area contributed by atoms with Gasteiger partial charge in [0.25, 0.3) is 0 Å². The van der Waals surface area contributed by atoms with Crippen LogP contribution in [0.2, 0.25) is 0 Å². The van der Waals surface area contributed by atoms with Crippen LogP contribution in [0.25, 0.3) is 0 Å². The number of rotatable bonds is 3. The molecule has 0 heterocycles. The van der Waals surface area contributed by atoms with Gasteiger partial charge >= 0.3 is 0 Å². The van der Waals surface area contributed by atoms with Crippen LogP contribution in [0.1, 0.15) is 44.2 Å². The van der Waals surface area contributed by atoms with Gasteiger partial charge in [-0.25, -0.2) is 0 Å². The van der Waals surface area contributed by atoms with Crippen LogP contribution >= 0.6 is 0 Å². The van der Waals surface area contributed by atoms with Gasteiger partial charge in [-0.05, 0) is 32.3 Å². The van der Waals surface area contributed by atoms with Crippen molar-refractivity contribution in [3.8, 4) is 5.75 Å². The van der Waals surface area contributed by atoms with Gasteiger partial charge in [0.2, 0.25) is 5.91 Å². The SMILES string of the molecule is CC(c1ccccc1O)N(C)C(=O)C1CCCC(N)C1. The van der Waals surface area contributed by atoms with E-state index in [1.165, 1.54) is 0 Å². The Labute approximate surface area is 120 Å². The van der Waals surface area contributed by atoms with E-state index in [4.69, 9.17) is 5.73 Å². The van der Waals surface area contributed by atoms with Crippen molar-refractivity contribution < 1.29 is 9.90 Å². The number of aromatic hydroxyl groups is 1. The molecule has 110 valence electrons. The van der Waals surface area contributed by atoms with Gasteiger partial charge in [-0.3, -0.25) is 4.79 Å². The quantitative estimate of drug-likeness (QED) is 0.891. The third-order valence-electron chi connectivity index (χ3n) is 4.38. The van der Waals surface area contributed by atoms with E-state index < -0.39 is 0 Å². The zero-order chi connectivity index (χ0) is 14.7. The summed E-state index contributed by atoms with van der Waals surface area (Å²) >= 11 is 0. The second-order valence-electron chi connectivity index (χ2n) is 5.81. The molecule has 0 aromatic heterocycles. The fourth-order valence-electron chi connectivity index (χ4n) is 2.98. The molecule has 1 aromatic rings. The molecule has 0 bridgehead atoms. The summed E-state index contributed by atoms with van der Waals surface area (Å²) in [5.74, 6) is 0.396. The maximum Gasteiger partial charge on any atom is 0.225 e. The lowest BCUT2D eigenvalue weighted by Gasteiger charge is -2.32. The number of phenolic OH excluding ortho intramolecular Hbond substituents is 1. The highest BCUT2D eigenvalue weighted by molar-refractivity contribution is 5.79. The molecule has 4 heteroatoms. The normalized spacial score (nSPS) is 24.1. The Hall–Kier alpha value is -1.55. The second kappa shape index (κ2) is 6.27. The third kappa shape index (κ3) is 3.12.